The van der Waals surface area contributed by atoms with E-state index in [1.807, 2.05) is 0 Å². The number of esters is 1. The van der Waals surface area contributed by atoms with Crippen molar-refractivity contribution in [1.29, 1.82) is 0 Å². The lowest BCUT2D eigenvalue weighted by molar-refractivity contribution is -0.145. The van der Waals surface area contributed by atoms with E-state index in [9.17, 15) is 19.2 Å². The van der Waals surface area contributed by atoms with Gasteiger partial charge >= 0.3 is 11.9 Å². The average molecular weight is 752 g/mol. The predicted molar refractivity (Wildman–Crippen MR) is 220 cm³/mol. The van der Waals surface area contributed by atoms with Gasteiger partial charge in [0, 0.05) is 25.8 Å². The van der Waals surface area contributed by atoms with E-state index in [0.717, 1.165) is 38.5 Å². The predicted octanol–water partition coefficient (Wildman–Crippen LogP) is 10.8. The van der Waals surface area contributed by atoms with E-state index in [1.54, 1.807) is 0 Å². The number of ether oxygens (including phenoxy) is 1. The molecule has 0 fully saturated rings. The van der Waals surface area contributed by atoms with Crippen molar-refractivity contribution < 1.29 is 29.0 Å². The average Bonchev–Trinajstić information content (AvgIpc) is 3.14. The van der Waals surface area contributed by atoms with Crippen molar-refractivity contribution in [2.24, 2.45) is 5.73 Å². The molecule has 0 aliphatic carbocycles. The van der Waals surface area contributed by atoms with Crippen LogP contribution < -0.4 is 16.4 Å². The van der Waals surface area contributed by atoms with E-state index < -0.39 is 24.0 Å². The molecule has 0 aliphatic heterocycles. The summed E-state index contributed by atoms with van der Waals surface area (Å²) in [5.41, 5.74) is 5.85. The number of carboxylic acids is 1. The summed E-state index contributed by atoms with van der Waals surface area (Å²) in [6.07, 6.45) is 38.4. The van der Waals surface area contributed by atoms with Gasteiger partial charge in [0.05, 0.1) is 12.1 Å². The van der Waals surface area contributed by atoms with Gasteiger partial charge in [-0.3, -0.25) is 19.2 Å². The van der Waals surface area contributed by atoms with Crippen LogP contribution in [0, 0.1) is 0 Å². The summed E-state index contributed by atoms with van der Waals surface area (Å²) in [6.45, 7) is 4.54. The molecule has 5 N–H and O–H groups in total. The Bertz CT molecular complexity index is 870. The Kier molecular flexibility index (Phi) is 37.9. The Hall–Kier alpha value is -2.16. The molecule has 0 bridgehead atoms. The Morgan fingerprint density at radius 3 is 1.26 bits per heavy atom. The summed E-state index contributed by atoms with van der Waals surface area (Å²) >= 11 is 0. The summed E-state index contributed by atoms with van der Waals surface area (Å²) < 4.78 is 5.51. The molecule has 0 heterocycles. The second-order valence-electron chi connectivity index (χ2n) is 15.6. The fourth-order valence-electron chi connectivity index (χ4n) is 6.78. The maximum atomic E-state index is 12.8. The van der Waals surface area contributed by atoms with Gasteiger partial charge in [-0.05, 0) is 19.3 Å². The third-order valence-corrected chi connectivity index (χ3v) is 10.3. The standard InChI is InChI=1S/C44H85N3O6/c1-3-5-7-9-11-13-15-17-19-21-23-25-27-29-31-33-41(48)47-39(37-46-44(52)40(45)35-36-42(49)50)38-53-43(51)34-32-30-28-26-24-22-20-18-16-14-12-10-8-6-4-2/h39-40H,3-38,45H2,1-2H3,(H,46,52)(H,47,48)(H,49,50). The minimum Gasteiger partial charge on any atom is -0.481 e. The van der Waals surface area contributed by atoms with Crippen molar-refractivity contribution >= 4 is 23.8 Å². The van der Waals surface area contributed by atoms with Crippen molar-refractivity contribution in [1.82, 2.24) is 10.6 Å². The molecule has 0 radical (unpaired) electrons. The topological polar surface area (TPSA) is 148 Å². The molecular weight excluding hydrogens is 666 g/mol. The molecule has 0 aromatic carbocycles. The molecule has 2 atom stereocenters. The van der Waals surface area contributed by atoms with E-state index in [2.05, 4.69) is 24.5 Å². The lowest BCUT2D eigenvalue weighted by Crippen LogP contribution is -2.50. The van der Waals surface area contributed by atoms with Gasteiger partial charge in [0.2, 0.25) is 11.8 Å². The van der Waals surface area contributed by atoms with Crippen LogP contribution in [-0.4, -0.2) is 54.1 Å². The highest BCUT2D eigenvalue weighted by Gasteiger charge is 2.19. The van der Waals surface area contributed by atoms with Crippen LogP contribution in [-0.2, 0) is 23.9 Å². The van der Waals surface area contributed by atoms with E-state index >= 15 is 0 Å². The van der Waals surface area contributed by atoms with Crippen LogP contribution >= 0.6 is 0 Å². The van der Waals surface area contributed by atoms with Crippen LogP contribution in [0.2, 0.25) is 0 Å². The van der Waals surface area contributed by atoms with Gasteiger partial charge in [-0.15, -0.1) is 0 Å². The highest BCUT2D eigenvalue weighted by atomic mass is 16.5. The zero-order chi connectivity index (χ0) is 39.0. The summed E-state index contributed by atoms with van der Waals surface area (Å²) in [7, 11) is 0. The molecule has 0 aromatic rings. The lowest BCUT2D eigenvalue weighted by Gasteiger charge is -2.20. The number of carbonyl (C=O) groups is 4. The first kappa shape index (κ1) is 50.8. The first-order valence-corrected chi connectivity index (χ1v) is 22.5. The van der Waals surface area contributed by atoms with Gasteiger partial charge in [0.25, 0.3) is 0 Å². The number of hydrogen-bond donors (Lipinski definition) is 4. The number of nitrogens with one attached hydrogen (secondary N) is 2. The molecule has 312 valence electrons. The maximum Gasteiger partial charge on any atom is 0.305 e. The molecule has 0 rings (SSSR count). The number of aliphatic carboxylic acids is 1. The van der Waals surface area contributed by atoms with Crippen molar-refractivity contribution in [2.75, 3.05) is 13.2 Å². The van der Waals surface area contributed by atoms with Crippen LogP contribution in [0.3, 0.4) is 0 Å². The fourth-order valence-corrected chi connectivity index (χ4v) is 6.78. The van der Waals surface area contributed by atoms with Crippen molar-refractivity contribution in [3.8, 4) is 0 Å². The summed E-state index contributed by atoms with van der Waals surface area (Å²) in [6, 6.07) is -1.55. The van der Waals surface area contributed by atoms with Crippen LogP contribution in [0.15, 0.2) is 0 Å². The zero-order valence-electron chi connectivity index (χ0n) is 34.7. The van der Waals surface area contributed by atoms with E-state index in [1.165, 1.54) is 154 Å². The molecule has 53 heavy (non-hydrogen) atoms. The number of carbonyl (C=O) groups excluding carboxylic acids is 3. The summed E-state index contributed by atoms with van der Waals surface area (Å²) in [5, 5.41) is 14.5. The molecule has 0 aromatic heterocycles. The highest BCUT2D eigenvalue weighted by Crippen LogP contribution is 2.15. The molecule has 9 heteroatoms. The van der Waals surface area contributed by atoms with E-state index in [4.69, 9.17) is 15.6 Å². The maximum absolute atomic E-state index is 12.8. The van der Waals surface area contributed by atoms with Crippen molar-refractivity contribution in [3.05, 3.63) is 0 Å². The number of amides is 2. The molecule has 0 aliphatic rings. The molecule has 9 nitrogen and oxygen atoms in total. The Morgan fingerprint density at radius 2 is 0.887 bits per heavy atom. The lowest BCUT2D eigenvalue weighted by atomic mass is 10.0. The fraction of sp³-hybridized carbons (Fsp3) is 0.909. The number of carboxylic acid groups (broad SMARTS) is 1. The Balaban J connectivity index is 4.22. The summed E-state index contributed by atoms with van der Waals surface area (Å²) in [5.74, 6) is -1.94. The van der Waals surface area contributed by atoms with Gasteiger partial charge in [-0.1, -0.05) is 194 Å². The number of hydrogen-bond acceptors (Lipinski definition) is 6. The van der Waals surface area contributed by atoms with Crippen molar-refractivity contribution in [3.63, 3.8) is 0 Å². The first-order valence-electron chi connectivity index (χ1n) is 22.5. The van der Waals surface area contributed by atoms with Gasteiger partial charge in [0.15, 0.2) is 0 Å². The highest BCUT2D eigenvalue weighted by molar-refractivity contribution is 5.82. The zero-order valence-corrected chi connectivity index (χ0v) is 34.7. The van der Waals surface area contributed by atoms with Crippen LogP contribution in [0.25, 0.3) is 0 Å². The molecular formula is C44H85N3O6. The van der Waals surface area contributed by atoms with E-state index in [0.29, 0.717) is 12.8 Å². The van der Waals surface area contributed by atoms with Gasteiger partial charge in [0.1, 0.15) is 6.61 Å². The number of unbranched alkanes of at least 4 members (excludes halogenated alkanes) is 28. The summed E-state index contributed by atoms with van der Waals surface area (Å²) in [4.78, 5) is 48.5. The van der Waals surface area contributed by atoms with Gasteiger partial charge in [-0.2, -0.15) is 0 Å². The molecule has 0 spiro atoms. The van der Waals surface area contributed by atoms with E-state index in [-0.39, 0.29) is 37.9 Å². The largest absolute Gasteiger partial charge is 0.481 e. The third kappa shape index (κ3) is 37.9. The first-order chi connectivity index (χ1) is 25.8. The van der Waals surface area contributed by atoms with Crippen LogP contribution in [0.4, 0.5) is 0 Å². The number of rotatable bonds is 41. The molecule has 0 saturated heterocycles. The van der Waals surface area contributed by atoms with Gasteiger partial charge < -0.3 is 26.2 Å². The monoisotopic (exact) mass is 752 g/mol. The Labute approximate surface area is 325 Å². The minimum atomic E-state index is -1.02. The SMILES string of the molecule is CCCCCCCCCCCCCCCCCC(=O)NC(CNC(=O)C(N)CCC(=O)O)COC(=O)CCCCCCCCCCCCCCCCC. The van der Waals surface area contributed by atoms with Gasteiger partial charge in [-0.25, -0.2) is 0 Å². The Morgan fingerprint density at radius 1 is 0.528 bits per heavy atom. The molecule has 2 unspecified atom stereocenters. The minimum absolute atomic E-state index is 0.0195. The second kappa shape index (κ2) is 39.5. The third-order valence-electron chi connectivity index (χ3n) is 10.3. The molecule has 2 amide bonds. The smallest absolute Gasteiger partial charge is 0.305 e. The van der Waals surface area contributed by atoms with Crippen LogP contribution in [0.5, 0.6) is 0 Å². The van der Waals surface area contributed by atoms with Crippen LogP contribution in [0.1, 0.15) is 232 Å². The second-order valence-corrected chi connectivity index (χ2v) is 15.6. The quantitative estimate of drug-likeness (QED) is 0.0359. The molecule has 0 saturated carbocycles. The van der Waals surface area contributed by atoms with Crippen molar-refractivity contribution in [2.45, 2.75) is 244 Å². The normalized spacial score (nSPS) is 12.4. The number of nitrogens with two attached hydrogens (primary N) is 1.